The molecule has 1 N–H and O–H groups in total. The Morgan fingerprint density at radius 1 is 1.07 bits per heavy atom. The Labute approximate surface area is 167 Å². The average molecular weight is 383 g/mol. The molecule has 0 aliphatic carbocycles. The van der Waals surface area contributed by atoms with Crippen LogP contribution in [-0.2, 0) is 9.53 Å². The van der Waals surface area contributed by atoms with Crippen LogP contribution in [-0.4, -0.2) is 50.3 Å². The number of hydrogen-bond acceptors (Lipinski definition) is 4. The van der Waals surface area contributed by atoms with Crippen molar-refractivity contribution in [2.45, 2.75) is 26.8 Å². The molecule has 0 spiro atoms. The van der Waals surface area contributed by atoms with Gasteiger partial charge in [-0.15, -0.1) is 0 Å². The van der Waals surface area contributed by atoms with E-state index in [1.165, 1.54) is 11.1 Å². The summed E-state index contributed by atoms with van der Waals surface area (Å²) in [6, 6.07) is 14.2. The normalized spacial score (nSPS) is 15.8. The summed E-state index contributed by atoms with van der Waals surface area (Å²) in [6.07, 6.45) is 0. The van der Waals surface area contributed by atoms with Crippen LogP contribution in [0.2, 0.25) is 0 Å². The van der Waals surface area contributed by atoms with Gasteiger partial charge < -0.3 is 14.8 Å². The van der Waals surface area contributed by atoms with Crippen molar-refractivity contribution in [3.8, 4) is 5.75 Å². The van der Waals surface area contributed by atoms with Crippen LogP contribution in [0.1, 0.15) is 28.3 Å². The van der Waals surface area contributed by atoms with E-state index in [1.54, 1.807) is 0 Å². The van der Waals surface area contributed by atoms with E-state index in [-0.39, 0.29) is 18.6 Å². The maximum absolute atomic E-state index is 12.6. The molecule has 1 unspecified atom stereocenters. The summed E-state index contributed by atoms with van der Waals surface area (Å²) in [5, 5.41) is 3.15. The SMILES string of the molecule is Cc1ccc(C(CN2CCOCC2)NC(=O)COc2ccc(C)cc2C)cc1. The molecular weight excluding hydrogens is 352 g/mol. The third-order valence-electron chi connectivity index (χ3n) is 5.05. The Hall–Kier alpha value is -2.37. The van der Waals surface area contributed by atoms with Crippen LogP contribution in [0.4, 0.5) is 0 Å². The van der Waals surface area contributed by atoms with Gasteiger partial charge in [0, 0.05) is 19.6 Å². The number of nitrogens with zero attached hydrogens (tertiary/aromatic N) is 1. The van der Waals surface area contributed by atoms with Crippen molar-refractivity contribution in [1.82, 2.24) is 10.2 Å². The molecule has 3 rings (SSSR count). The van der Waals surface area contributed by atoms with Crippen LogP contribution >= 0.6 is 0 Å². The number of aryl methyl sites for hydroxylation is 3. The molecule has 2 aromatic rings. The van der Waals surface area contributed by atoms with Crippen LogP contribution in [0.5, 0.6) is 5.75 Å². The molecule has 1 saturated heterocycles. The maximum Gasteiger partial charge on any atom is 0.258 e. The molecule has 1 heterocycles. The number of carbonyl (C=O) groups is 1. The summed E-state index contributed by atoms with van der Waals surface area (Å²) < 4.78 is 11.2. The summed E-state index contributed by atoms with van der Waals surface area (Å²) in [7, 11) is 0. The lowest BCUT2D eigenvalue weighted by molar-refractivity contribution is -0.124. The molecule has 5 heteroatoms. The van der Waals surface area contributed by atoms with Gasteiger partial charge in [-0.05, 0) is 38.0 Å². The zero-order valence-corrected chi connectivity index (χ0v) is 17.0. The van der Waals surface area contributed by atoms with Gasteiger partial charge in [0.15, 0.2) is 6.61 Å². The maximum atomic E-state index is 12.6. The fourth-order valence-corrected chi connectivity index (χ4v) is 3.42. The number of rotatable bonds is 7. The predicted molar refractivity (Wildman–Crippen MR) is 111 cm³/mol. The Kier molecular flexibility index (Phi) is 7.06. The largest absolute Gasteiger partial charge is 0.484 e. The van der Waals surface area contributed by atoms with Crippen molar-refractivity contribution in [2.24, 2.45) is 0 Å². The fraction of sp³-hybridized carbons (Fsp3) is 0.435. The van der Waals surface area contributed by atoms with Gasteiger partial charge in [0.05, 0.1) is 19.3 Å². The smallest absolute Gasteiger partial charge is 0.258 e. The van der Waals surface area contributed by atoms with E-state index >= 15 is 0 Å². The summed E-state index contributed by atoms with van der Waals surface area (Å²) in [4.78, 5) is 14.9. The van der Waals surface area contributed by atoms with Crippen molar-refractivity contribution in [3.63, 3.8) is 0 Å². The first-order valence-electron chi connectivity index (χ1n) is 9.87. The van der Waals surface area contributed by atoms with Crippen LogP contribution in [0, 0.1) is 20.8 Å². The monoisotopic (exact) mass is 382 g/mol. The van der Waals surface area contributed by atoms with Gasteiger partial charge in [-0.2, -0.15) is 0 Å². The lowest BCUT2D eigenvalue weighted by Gasteiger charge is -2.31. The van der Waals surface area contributed by atoms with Gasteiger partial charge in [-0.3, -0.25) is 9.69 Å². The minimum absolute atomic E-state index is 0.00930. The molecule has 1 atom stereocenters. The van der Waals surface area contributed by atoms with Gasteiger partial charge in [0.2, 0.25) is 0 Å². The number of benzene rings is 2. The molecule has 5 nitrogen and oxygen atoms in total. The minimum atomic E-state index is -0.112. The number of morpholine rings is 1. The second-order valence-electron chi connectivity index (χ2n) is 7.50. The first kappa shape index (κ1) is 20.4. The van der Waals surface area contributed by atoms with Crippen LogP contribution in [0.15, 0.2) is 42.5 Å². The molecule has 1 fully saturated rings. The van der Waals surface area contributed by atoms with Gasteiger partial charge in [0.25, 0.3) is 5.91 Å². The third-order valence-corrected chi connectivity index (χ3v) is 5.05. The summed E-state index contributed by atoms with van der Waals surface area (Å²) in [6.45, 7) is 10.1. The van der Waals surface area contributed by atoms with Crippen molar-refractivity contribution >= 4 is 5.91 Å². The van der Waals surface area contributed by atoms with Crippen molar-refractivity contribution in [2.75, 3.05) is 39.5 Å². The van der Waals surface area contributed by atoms with Crippen molar-refractivity contribution < 1.29 is 14.3 Å². The second-order valence-corrected chi connectivity index (χ2v) is 7.50. The third kappa shape index (κ3) is 5.81. The highest BCUT2D eigenvalue weighted by Crippen LogP contribution is 2.19. The number of carbonyl (C=O) groups excluding carboxylic acids is 1. The first-order chi connectivity index (χ1) is 13.5. The summed E-state index contributed by atoms with van der Waals surface area (Å²) in [5.41, 5.74) is 4.53. The Bertz CT molecular complexity index is 783. The van der Waals surface area contributed by atoms with Crippen LogP contribution in [0.25, 0.3) is 0 Å². The summed E-state index contributed by atoms with van der Waals surface area (Å²) in [5.74, 6) is 0.639. The number of amides is 1. The highest BCUT2D eigenvalue weighted by molar-refractivity contribution is 5.78. The highest BCUT2D eigenvalue weighted by Gasteiger charge is 2.20. The van der Waals surface area contributed by atoms with E-state index in [1.807, 2.05) is 26.0 Å². The summed E-state index contributed by atoms with van der Waals surface area (Å²) >= 11 is 0. The van der Waals surface area contributed by atoms with E-state index in [0.717, 1.165) is 49.7 Å². The zero-order chi connectivity index (χ0) is 19.9. The minimum Gasteiger partial charge on any atom is -0.484 e. The van der Waals surface area contributed by atoms with Gasteiger partial charge in [-0.25, -0.2) is 0 Å². The van der Waals surface area contributed by atoms with E-state index in [0.29, 0.717) is 0 Å². The molecule has 1 aliphatic heterocycles. The first-order valence-corrected chi connectivity index (χ1v) is 9.87. The van der Waals surface area contributed by atoms with E-state index in [4.69, 9.17) is 9.47 Å². The molecule has 28 heavy (non-hydrogen) atoms. The number of ether oxygens (including phenoxy) is 2. The van der Waals surface area contributed by atoms with Gasteiger partial charge >= 0.3 is 0 Å². The van der Waals surface area contributed by atoms with Crippen molar-refractivity contribution in [1.29, 1.82) is 0 Å². The molecule has 1 aliphatic rings. The topological polar surface area (TPSA) is 50.8 Å². The average Bonchev–Trinajstić information content (AvgIpc) is 2.68. The lowest BCUT2D eigenvalue weighted by atomic mass is 10.0. The lowest BCUT2D eigenvalue weighted by Crippen LogP contribution is -2.44. The zero-order valence-electron chi connectivity index (χ0n) is 17.0. The molecule has 0 bridgehead atoms. The Morgan fingerprint density at radius 2 is 1.75 bits per heavy atom. The molecule has 0 aromatic heterocycles. The molecular formula is C23H30N2O3. The molecule has 0 saturated carbocycles. The van der Waals surface area contributed by atoms with E-state index in [2.05, 4.69) is 47.5 Å². The van der Waals surface area contributed by atoms with Crippen LogP contribution < -0.4 is 10.1 Å². The van der Waals surface area contributed by atoms with E-state index in [9.17, 15) is 4.79 Å². The quantitative estimate of drug-likeness (QED) is 0.799. The molecule has 150 valence electrons. The predicted octanol–water partition coefficient (Wildman–Crippen LogP) is 3.18. The standard InChI is InChI=1S/C23H30N2O3/c1-17-4-7-20(8-5-17)21(15-25-10-12-27-13-11-25)24-23(26)16-28-22-9-6-18(2)14-19(22)3/h4-9,14,21H,10-13,15-16H2,1-3H3,(H,24,26). The van der Waals surface area contributed by atoms with Crippen LogP contribution in [0.3, 0.4) is 0 Å². The van der Waals surface area contributed by atoms with Gasteiger partial charge in [-0.1, -0.05) is 47.5 Å². The molecule has 0 radical (unpaired) electrons. The second kappa shape index (κ2) is 9.71. The highest BCUT2D eigenvalue weighted by atomic mass is 16.5. The van der Waals surface area contributed by atoms with E-state index < -0.39 is 0 Å². The van der Waals surface area contributed by atoms with Crippen molar-refractivity contribution in [3.05, 3.63) is 64.7 Å². The van der Waals surface area contributed by atoms with Gasteiger partial charge in [0.1, 0.15) is 5.75 Å². The number of nitrogens with one attached hydrogen (secondary N) is 1. The molecule has 2 aromatic carbocycles. The Balaban J connectivity index is 1.63. The molecule has 1 amide bonds. The number of hydrogen-bond donors (Lipinski definition) is 1. The fourth-order valence-electron chi connectivity index (χ4n) is 3.42. The Morgan fingerprint density at radius 3 is 2.43 bits per heavy atom.